The highest BCUT2D eigenvalue weighted by Crippen LogP contribution is 2.30. The molecule has 1 N–H and O–H groups in total. The van der Waals surface area contributed by atoms with Crippen LogP contribution in [0.2, 0.25) is 0 Å². The maximum absolute atomic E-state index is 14.2. The number of benzene rings is 1. The van der Waals surface area contributed by atoms with Gasteiger partial charge in [-0.05, 0) is 31.9 Å². The second-order valence-electron chi connectivity index (χ2n) is 4.68. The Morgan fingerprint density at radius 1 is 1.15 bits per heavy atom. The van der Waals surface area contributed by atoms with Gasteiger partial charge in [-0.1, -0.05) is 13.0 Å². The quantitative estimate of drug-likeness (QED) is 0.922. The SMILES string of the molecule is CCCNc1ncnc(-c2c(F)ccc(C)c2F)c1C. The van der Waals surface area contributed by atoms with Crippen molar-refractivity contribution in [3.63, 3.8) is 0 Å². The summed E-state index contributed by atoms with van der Waals surface area (Å²) >= 11 is 0. The van der Waals surface area contributed by atoms with Gasteiger partial charge < -0.3 is 5.32 Å². The van der Waals surface area contributed by atoms with Crippen LogP contribution in [-0.4, -0.2) is 16.5 Å². The molecule has 0 saturated heterocycles. The molecule has 2 aromatic rings. The number of nitrogens with one attached hydrogen (secondary N) is 1. The van der Waals surface area contributed by atoms with Gasteiger partial charge in [-0.15, -0.1) is 0 Å². The molecular weight excluding hydrogens is 260 g/mol. The molecule has 0 bridgehead atoms. The van der Waals surface area contributed by atoms with E-state index >= 15 is 0 Å². The van der Waals surface area contributed by atoms with E-state index in [1.54, 1.807) is 13.8 Å². The smallest absolute Gasteiger partial charge is 0.138 e. The fourth-order valence-corrected chi connectivity index (χ4v) is 2.00. The van der Waals surface area contributed by atoms with E-state index in [1.807, 2.05) is 6.92 Å². The van der Waals surface area contributed by atoms with Crippen LogP contribution in [0.3, 0.4) is 0 Å². The monoisotopic (exact) mass is 277 g/mol. The number of rotatable bonds is 4. The molecule has 1 aromatic carbocycles. The van der Waals surface area contributed by atoms with Gasteiger partial charge in [-0.3, -0.25) is 0 Å². The summed E-state index contributed by atoms with van der Waals surface area (Å²) < 4.78 is 28.2. The molecule has 0 fully saturated rings. The molecule has 3 nitrogen and oxygen atoms in total. The van der Waals surface area contributed by atoms with E-state index < -0.39 is 11.6 Å². The highest BCUT2D eigenvalue weighted by atomic mass is 19.1. The van der Waals surface area contributed by atoms with E-state index in [-0.39, 0.29) is 11.3 Å². The molecule has 20 heavy (non-hydrogen) atoms. The lowest BCUT2D eigenvalue weighted by Gasteiger charge is -2.13. The molecule has 0 aliphatic rings. The molecule has 0 radical (unpaired) electrons. The Morgan fingerprint density at radius 3 is 2.60 bits per heavy atom. The van der Waals surface area contributed by atoms with Crippen molar-refractivity contribution in [2.75, 3.05) is 11.9 Å². The lowest BCUT2D eigenvalue weighted by atomic mass is 10.0. The van der Waals surface area contributed by atoms with Crippen molar-refractivity contribution >= 4 is 5.82 Å². The van der Waals surface area contributed by atoms with Crippen LogP contribution in [0.5, 0.6) is 0 Å². The second-order valence-corrected chi connectivity index (χ2v) is 4.68. The Balaban J connectivity index is 2.56. The van der Waals surface area contributed by atoms with Gasteiger partial charge in [-0.2, -0.15) is 0 Å². The largest absolute Gasteiger partial charge is 0.370 e. The summed E-state index contributed by atoms with van der Waals surface area (Å²) in [6.07, 6.45) is 2.26. The predicted molar refractivity (Wildman–Crippen MR) is 75.6 cm³/mol. The lowest BCUT2D eigenvalue weighted by molar-refractivity contribution is 0.582. The van der Waals surface area contributed by atoms with Gasteiger partial charge in [0, 0.05) is 12.1 Å². The van der Waals surface area contributed by atoms with Crippen LogP contribution in [0.25, 0.3) is 11.3 Å². The zero-order valence-corrected chi connectivity index (χ0v) is 11.8. The molecule has 0 saturated carbocycles. The van der Waals surface area contributed by atoms with Crippen LogP contribution < -0.4 is 5.32 Å². The molecule has 0 aliphatic carbocycles. The third-order valence-corrected chi connectivity index (χ3v) is 3.15. The third kappa shape index (κ3) is 2.61. The molecule has 0 atom stereocenters. The summed E-state index contributed by atoms with van der Waals surface area (Å²) in [4.78, 5) is 8.17. The zero-order valence-electron chi connectivity index (χ0n) is 11.8. The maximum atomic E-state index is 14.2. The number of anilines is 1. The summed E-state index contributed by atoms with van der Waals surface area (Å²) in [6, 6.07) is 2.68. The van der Waals surface area contributed by atoms with E-state index in [1.165, 1.54) is 18.5 Å². The van der Waals surface area contributed by atoms with Gasteiger partial charge in [0.1, 0.15) is 23.8 Å². The Labute approximate surface area is 117 Å². The highest BCUT2D eigenvalue weighted by Gasteiger charge is 2.18. The second kappa shape index (κ2) is 5.94. The molecule has 106 valence electrons. The first-order valence-corrected chi connectivity index (χ1v) is 6.56. The van der Waals surface area contributed by atoms with Crippen LogP contribution in [-0.2, 0) is 0 Å². The average Bonchev–Trinajstić information content (AvgIpc) is 2.44. The molecular formula is C15H17F2N3. The van der Waals surface area contributed by atoms with Crippen LogP contribution in [0, 0.1) is 25.5 Å². The van der Waals surface area contributed by atoms with E-state index in [0.29, 0.717) is 16.9 Å². The number of aryl methyl sites for hydroxylation is 1. The molecule has 0 amide bonds. The fourth-order valence-electron chi connectivity index (χ4n) is 2.00. The van der Waals surface area contributed by atoms with Crippen molar-refractivity contribution in [1.82, 2.24) is 9.97 Å². The Kier molecular flexibility index (Phi) is 4.27. The van der Waals surface area contributed by atoms with Crippen molar-refractivity contribution in [3.8, 4) is 11.3 Å². The number of halogens is 2. The summed E-state index contributed by atoms with van der Waals surface area (Å²) in [7, 11) is 0. The van der Waals surface area contributed by atoms with Crippen molar-refractivity contribution in [3.05, 3.63) is 41.2 Å². The van der Waals surface area contributed by atoms with E-state index in [4.69, 9.17) is 0 Å². The van der Waals surface area contributed by atoms with E-state index in [9.17, 15) is 8.78 Å². The van der Waals surface area contributed by atoms with Crippen molar-refractivity contribution in [2.24, 2.45) is 0 Å². The number of aromatic nitrogens is 2. The summed E-state index contributed by atoms with van der Waals surface area (Å²) in [5.74, 6) is -0.582. The number of hydrogen-bond donors (Lipinski definition) is 1. The van der Waals surface area contributed by atoms with Gasteiger partial charge in [0.05, 0.1) is 11.3 Å². The van der Waals surface area contributed by atoms with Crippen molar-refractivity contribution in [1.29, 1.82) is 0 Å². The molecule has 2 rings (SSSR count). The number of nitrogens with zero attached hydrogens (tertiary/aromatic N) is 2. The highest BCUT2D eigenvalue weighted by molar-refractivity contribution is 5.69. The first kappa shape index (κ1) is 14.4. The Hall–Kier alpha value is -2.04. The van der Waals surface area contributed by atoms with Crippen molar-refractivity contribution < 1.29 is 8.78 Å². The first-order valence-electron chi connectivity index (χ1n) is 6.56. The van der Waals surface area contributed by atoms with Crippen LogP contribution in [0.1, 0.15) is 24.5 Å². The van der Waals surface area contributed by atoms with Crippen LogP contribution in [0.15, 0.2) is 18.5 Å². The third-order valence-electron chi connectivity index (χ3n) is 3.15. The Bertz CT molecular complexity index is 627. The van der Waals surface area contributed by atoms with Gasteiger partial charge in [0.2, 0.25) is 0 Å². The van der Waals surface area contributed by atoms with E-state index in [2.05, 4.69) is 15.3 Å². The molecule has 1 heterocycles. The average molecular weight is 277 g/mol. The summed E-state index contributed by atoms with van der Waals surface area (Å²) in [6.45, 7) is 6.14. The molecule has 0 aliphatic heterocycles. The van der Waals surface area contributed by atoms with E-state index in [0.717, 1.165) is 13.0 Å². The van der Waals surface area contributed by atoms with Gasteiger partial charge >= 0.3 is 0 Å². The fraction of sp³-hybridized carbons (Fsp3) is 0.333. The van der Waals surface area contributed by atoms with Crippen molar-refractivity contribution in [2.45, 2.75) is 27.2 Å². The predicted octanol–water partition coefficient (Wildman–Crippen LogP) is 3.86. The lowest BCUT2D eigenvalue weighted by Crippen LogP contribution is -2.06. The van der Waals surface area contributed by atoms with Gasteiger partial charge in [0.15, 0.2) is 0 Å². The van der Waals surface area contributed by atoms with Crippen LogP contribution >= 0.6 is 0 Å². The van der Waals surface area contributed by atoms with Gasteiger partial charge in [-0.25, -0.2) is 18.7 Å². The molecule has 0 spiro atoms. The topological polar surface area (TPSA) is 37.8 Å². The minimum Gasteiger partial charge on any atom is -0.370 e. The summed E-state index contributed by atoms with van der Waals surface area (Å²) in [5, 5.41) is 3.13. The zero-order chi connectivity index (χ0) is 14.7. The summed E-state index contributed by atoms with van der Waals surface area (Å²) in [5.41, 5.74) is 1.23. The Morgan fingerprint density at radius 2 is 1.90 bits per heavy atom. The minimum absolute atomic E-state index is 0.0931. The standard InChI is InChI=1S/C15H17F2N3/c1-4-7-18-15-10(3)14(19-8-20-15)12-11(16)6-5-9(2)13(12)17/h5-6,8H,4,7H2,1-3H3,(H,18,19,20). The maximum Gasteiger partial charge on any atom is 0.138 e. The minimum atomic E-state index is -0.614. The number of hydrogen-bond acceptors (Lipinski definition) is 3. The molecule has 5 heteroatoms. The van der Waals surface area contributed by atoms with Gasteiger partial charge in [0.25, 0.3) is 0 Å². The first-order chi connectivity index (χ1) is 9.56. The molecule has 0 unspecified atom stereocenters. The molecule has 1 aromatic heterocycles. The van der Waals surface area contributed by atoms with Crippen LogP contribution in [0.4, 0.5) is 14.6 Å². The normalized spacial score (nSPS) is 10.7.